The summed E-state index contributed by atoms with van der Waals surface area (Å²) in [7, 11) is 2.14. The molecule has 1 aromatic carbocycles. The number of carbonyl (C=O) groups is 1. The van der Waals surface area contributed by atoms with Crippen LogP contribution < -0.4 is 5.32 Å². The lowest BCUT2D eigenvalue weighted by atomic mass is 10.1. The monoisotopic (exact) mass is 426 g/mol. The number of aromatic nitrogens is 2. The SMILES string of the molecule is CN1CCCC1CCNC(=O)C1=Cn2c(nc(-c3ccc(Cl)cc3)c2CO)CC=C1. The van der Waals surface area contributed by atoms with Crippen LogP contribution in [0.5, 0.6) is 0 Å². The molecule has 1 unspecified atom stereocenters. The molecule has 1 aromatic heterocycles. The first-order chi connectivity index (χ1) is 14.6. The van der Waals surface area contributed by atoms with E-state index in [4.69, 9.17) is 16.6 Å². The molecule has 30 heavy (non-hydrogen) atoms. The number of benzene rings is 1. The van der Waals surface area contributed by atoms with E-state index in [-0.39, 0.29) is 12.5 Å². The van der Waals surface area contributed by atoms with Crippen molar-refractivity contribution < 1.29 is 9.90 Å². The Morgan fingerprint density at radius 1 is 1.33 bits per heavy atom. The lowest BCUT2D eigenvalue weighted by Crippen LogP contribution is -2.32. The first-order valence-electron chi connectivity index (χ1n) is 10.4. The number of rotatable bonds is 6. The van der Waals surface area contributed by atoms with Crippen molar-refractivity contribution in [2.75, 3.05) is 20.1 Å². The van der Waals surface area contributed by atoms with Gasteiger partial charge in [0.25, 0.3) is 5.91 Å². The van der Waals surface area contributed by atoms with Gasteiger partial charge in [-0.25, -0.2) is 4.98 Å². The van der Waals surface area contributed by atoms with Crippen LogP contribution in [0.15, 0.2) is 42.0 Å². The Labute approximate surface area is 181 Å². The fourth-order valence-corrected chi connectivity index (χ4v) is 4.34. The van der Waals surface area contributed by atoms with Crippen molar-refractivity contribution in [2.45, 2.75) is 38.3 Å². The zero-order valence-electron chi connectivity index (χ0n) is 17.1. The molecule has 1 atom stereocenters. The maximum absolute atomic E-state index is 12.8. The van der Waals surface area contributed by atoms with Gasteiger partial charge in [0.1, 0.15) is 5.82 Å². The molecule has 2 aliphatic rings. The van der Waals surface area contributed by atoms with Gasteiger partial charge in [-0.05, 0) is 45.0 Å². The number of halogens is 1. The van der Waals surface area contributed by atoms with Gasteiger partial charge in [0, 0.05) is 35.8 Å². The molecule has 4 rings (SSSR count). The summed E-state index contributed by atoms with van der Waals surface area (Å²) in [6.45, 7) is 1.61. The number of fused-ring (bicyclic) bond motifs is 1. The Bertz CT molecular complexity index is 978. The van der Waals surface area contributed by atoms with E-state index in [9.17, 15) is 9.90 Å². The average molecular weight is 427 g/mol. The number of nitrogens with zero attached hydrogens (tertiary/aromatic N) is 3. The number of aliphatic hydroxyl groups is 1. The van der Waals surface area contributed by atoms with Gasteiger partial charge in [0.2, 0.25) is 0 Å². The minimum atomic E-state index is -0.176. The summed E-state index contributed by atoms with van der Waals surface area (Å²) in [6.07, 6.45) is 9.50. The molecule has 0 bridgehead atoms. The molecule has 7 heteroatoms. The van der Waals surface area contributed by atoms with E-state index in [1.54, 1.807) is 18.3 Å². The highest BCUT2D eigenvalue weighted by Gasteiger charge is 2.22. The van der Waals surface area contributed by atoms with E-state index in [0.717, 1.165) is 24.4 Å². The van der Waals surface area contributed by atoms with Crippen molar-refractivity contribution in [1.82, 2.24) is 19.8 Å². The van der Waals surface area contributed by atoms with Gasteiger partial charge in [-0.15, -0.1) is 0 Å². The third kappa shape index (κ3) is 4.36. The van der Waals surface area contributed by atoms with Crippen LogP contribution in [-0.4, -0.2) is 51.6 Å². The van der Waals surface area contributed by atoms with Crippen LogP contribution in [0.3, 0.4) is 0 Å². The minimum Gasteiger partial charge on any atom is -0.390 e. The van der Waals surface area contributed by atoms with Crippen LogP contribution >= 0.6 is 11.6 Å². The second kappa shape index (κ2) is 9.16. The molecule has 2 N–H and O–H groups in total. The van der Waals surface area contributed by atoms with Gasteiger partial charge in [-0.3, -0.25) is 4.79 Å². The second-order valence-corrected chi connectivity index (χ2v) is 8.31. The van der Waals surface area contributed by atoms with Crippen molar-refractivity contribution >= 4 is 23.7 Å². The molecule has 0 spiro atoms. The summed E-state index contributed by atoms with van der Waals surface area (Å²) in [5.41, 5.74) is 2.81. The van der Waals surface area contributed by atoms with Crippen LogP contribution in [0.4, 0.5) is 0 Å². The highest BCUT2D eigenvalue weighted by Crippen LogP contribution is 2.28. The minimum absolute atomic E-state index is 0.106. The molecule has 2 aliphatic heterocycles. The molecular weight excluding hydrogens is 400 g/mol. The molecule has 6 nitrogen and oxygen atoms in total. The van der Waals surface area contributed by atoms with Crippen molar-refractivity contribution in [2.24, 2.45) is 0 Å². The Kier molecular flexibility index (Phi) is 6.37. The molecular formula is C23H27ClN4O2. The molecule has 0 saturated carbocycles. The van der Waals surface area contributed by atoms with Crippen molar-refractivity contribution in [3.05, 3.63) is 58.5 Å². The quantitative estimate of drug-likeness (QED) is 0.743. The summed E-state index contributed by atoms with van der Waals surface area (Å²) in [4.78, 5) is 19.9. The highest BCUT2D eigenvalue weighted by molar-refractivity contribution is 6.30. The van der Waals surface area contributed by atoms with Gasteiger partial charge in [0.15, 0.2) is 0 Å². The highest BCUT2D eigenvalue weighted by atomic mass is 35.5. The smallest absolute Gasteiger partial charge is 0.252 e. The molecule has 0 aliphatic carbocycles. The first kappa shape index (κ1) is 20.8. The molecule has 1 fully saturated rings. The maximum Gasteiger partial charge on any atom is 0.252 e. The number of hydrogen-bond donors (Lipinski definition) is 2. The van der Waals surface area contributed by atoms with E-state index < -0.39 is 0 Å². The van der Waals surface area contributed by atoms with E-state index in [0.29, 0.717) is 41.0 Å². The maximum atomic E-state index is 12.8. The number of likely N-dealkylation sites (tertiary alicyclic amines) is 1. The number of nitrogens with one attached hydrogen (secondary N) is 1. The lowest BCUT2D eigenvalue weighted by molar-refractivity contribution is -0.117. The fraction of sp³-hybridized carbons (Fsp3) is 0.391. The fourth-order valence-electron chi connectivity index (χ4n) is 4.21. The predicted octanol–water partition coefficient (Wildman–Crippen LogP) is 3.25. The van der Waals surface area contributed by atoms with Crippen molar-refractivity contribution in [1.29, 1.82) is 0 Å². The molecule has 2 aromatic rings. The topological polar surface area (TPSA) is 70.4 Å². The largest absolute Gasteiger partial charge is 0.390 e. The Morgan fingerprint density at radius 2 is 2.13 bits per heavy atom. The van der Waals surface area contributed by atoms with Gasteiger partial charge in [0.05, 0.1) is 23.6 Å². The van der Waals surface area contributed by atoms with Crippen LogP contribution in [0.25, 0.3) is 17.5 Å². The Hall–Kier alpha value is -2.41. The number of amides is 1. The van der Waals surface area contributed by atoms with E-state index >= 15 is 0 Å². The lowest BCUT2D eigenvalue weighted by Gasteiger charge is -2.19. The second-order valence-electron chi connectivity index (χ2n) is 7.87. The van der Waals surface area contributed by atoms with Gasteiger partial charge in [-0.1, -0.05) is 35.9 Å². The summed E-state index contributed by atoms with van der Waals surface area (Å²) in [5.74, 6) is 0.681. The number of imidazole rings is 1. The van der Waals surface area contributed by atoms with Crippen molar-refractivity contribution in [3.63, 3.8) is 0 Å². The number of allylic oxidation sites excluding steroid dienone is 1. The number of aliphatic hydroxyl groups excluding tert-OH is 1. The zero-order valence-corrected chi connectivity index (χ0v) is 17.9. The van der Waals surface area contributed by atoms with Gasteiger partial charge >= 0.3 is 0 Å². The zero-order chi connectivity index (χ0) is 21.1. The van der Waals surface area contributed by atoms with Crippen molar-refractivity contribution in [3.8, 4) is 11.3 Å². The van der Waals surface area contributed by atoms with Crippen LogP contribution in [0, 0.1) is 0 Å². The standard InChI is InChI=1S/C23H27ClN4O2/c1-27-13-3-5-19(27)11-12-25-23(30)17-4-2-6-21-26-22(20(15-29)28(21)14-17)16-7-9-18(24)10-8-16/h2,4,7-10,14,19,29H,3,5-6,11-13,15H2,1H3,(H,25,30). The third-order valence-corrected chi connectivity index (χ3v) is 6.17. The average Bonchev–Trinajstić information content (AvgIpc) is 3.23. The summed E-state index contributed by atoms with van der Waals surface area (Å²) >= 11 is 6.00. The number of hydrogen-bond acceptors (Lipinski definition) is 4. The van der Waals surface area contributed by atoms with Crippen LogP contribution in [0.2, 0.25) is 5.02 Å². The summed E-state index contributed by atoms with van der Waals surface area (Å²) < 4.78 is 1.84. The first-order valence-corrected chi connectivity index (χ1v) is 10.8. The normalized spacial score (nSPS) is 18.8. The third-order valence-electron chi connectivity index (χ3n) is 5.91. The Morgan fingerprint density at radius 3 is 2.83 bits per heavy atom. The van der Waals surface area contributed by atoms with E-state index in [1.165, 1.54) is 12.8 Å². The van der Waals surface area contributed by atoms with Gasteiger partial charge in [-0.2, -0.15) is 0 Å². The molecule has 0 radical (unpaired) electrons. The summed E-state index contributed by atoms with van der Waals surface area (Å²) in [6, 6.07) is 7.93. The Balaban J connectivity index is 1.53. The predicted molar refractivity (Wildman–Crippen MR) is 119 cm³/mol. The van der Waals surface area contributed by atoms with E-state index in [1.807, 2.05) is 28.9 Å². The molecule has 3 heterocycles. The molecule has 158 valence electrons. The summed E-state index contributed by atoms with van der Waals surface area (Å²) in [5, 5.41) is 13.7. The molecule has 1 amide bonds. The molecule has 1 saturated heterocycles. The van der Waals surface area contributed by atoms with Crippen LogP contribution in [0.1, 0.15) is 30.8 Å². The van der Waals surface area contributed by atoms with E-state index in [2.05, 4.69) is 17.3 Å². The van der Waals surface area contributed by atoms with Gasteiger partial charge < -0.3 is 19.9 Å². The van der Waals surface area contributed by atoms with Crippen LogP contribution in [-0.2, 0) is 17.8 Å². The number of carbonyl (C=O) groups excluding carboxylic acids is 1.